The number of aromatic nitrogens is 1. The van der Waals surface area contributed by atoms with Crippen LogP contribution in [0.4, 0.5) is 0 Å². The van der Waals surface area contributed by atoms with Gasteiger partial charge in [-0.3, -0.25) is 9.59 Å². The van der Waals surface area contributed by atoms with Gasteiger partial charge in [-0.2, -0.15) is 0 Å². The van der Waals surface area contributed by atoms with Gasteiger partial charge in [-0.1, -0.05) is 0 Å². The van der Waals surface area contributed by atoms with Crippen molar-refractivity contribution >= 4 is 22.7 Å². The van der Waals surface area contributed by atoms with E-state index in [4.69, 9.17) is 4.74 Å². The van der Waals surface area contributed by atoms with Crippen LogP contribution in [0.2, 0.25) is 0 Å². The predicted octanol–water partition coefficient (Wildman–Crippen LogP) is 2.25. The molecular weight excluding hydrogens is 330 g/mol. The molecule has 138 valence electrons. The van der Waals surface area contributed by atoms with Crippen molar-refractivity contribution in [3.8, 4) is 0 Å². The third-order valence-corrected chi connectivity index (χ3v) is 5.64. The van der Waals surface area contributed by atoms with Gasteiger partial charge in [-0.05, 0) is 50.5 Å². The molecule has 2 aromatic rings. The molecule has 1 N–H and O–H groups in total. The average molecular weight is 355 g/mol. The van der Waals surface area contributed by atoms with Gasteiger partial charge in [0.05, 0.1) is 0 Å². The number of nitrogens with one attached hydrogen (secondary N) is 1. The summed E-state index contributed by atoms with van der Waals surface area (Å²) < 4.78 is 5.49. The van der Waals surface area contributed by atoms with E-state index in [-0.39, 0.29) is 17.9 Å². The van der Waals surface area contributed by atoms with Gasteiger partial charge in [0.15, 0.2) is 0 Å². The monoisotopic (exact) mass is 355 g/mol. The fraction of sp³-hybridized carbons (Fsp3) is 0.500. The predicted molar refractivity (Wildman–Crippen MR) is 99.2 cm³/mol. The summed E-state index contributed by atoms with van der Waals surface area (Å²) in [4.78, 5) is 32.3. The molecule has 2 amide bonds. The molecule has 1 aromatic heterocycles. The number of nitrogens with zero attached hydrogens (tertiary/aromatic N) is 2. The first-order chi connectivity index (χ1) is 12.5. The number of benzene rings is 1. The number of aromatic amines is 1. The second-order valence-corrected chi connectivity index (χ2v) is 7.25. The van der Waals surface area contributed by atoms with E-state index in [1.165, 1.54) is 5.56 Å². The molecule has 2 aliphatic heterocycles. The van der Waals surface area contributed by atoms with Crippen LogP contribution < -0.4 is 0 Å². The van der Waals surface area contributed by atoms with E-state index in [0.717, 1.165) is 29.4 Å². The molecule has 4 rings (SSSR count). The third kappa shape index (κ3) is 2.98. The molecule has 26 heavy (non-hydrogen) atoms. The summed E-state index contributed by atoms with van der Waals surface area (Å²) >= 11 is 0. The summed E-state index contributed by atoms with van der Waals surface area (Å²) in [5.41, 5.74) is 4.08. The minimum absolute atomic E-state index is 0.0365. The number of fused-ring (bicyclic) bond motifs is 1. The fourth-order valence-electron chi connectivity index (χ4n) is 3.88. The highest BCUT2D eigenvalue weighted by atomic mass is 16.5. The molecule has 0 spiro atoms. The van der Waals surface area contributed by atoms with Crippen LogP contribution in [0.15, 0.2) is 18.2 Å². The first-order valence-electron chi connectivity index (χ1n) is 9.33. The van der Waals surface area contributed by atoms with E-state index in [9.17, 15) is 9.59 Å². The third-order valence-electron chi connectivity index (χ3n) is 5.64. The molecule has 0 saturated carbocycles. The molecule has 2 fully saturated rings. The van der Waals surface area contributed by atoms with Crippen molar-refractivity contribution in [2.75, 3.05) is 32.8 Å². The lowest BCUT2D eigenvalue weighted by Gasteiger charge is -2.35. The number of hydrogen-bond acceptors (Lipinski definition) is 3. The highest BCUT2D eigenvalue weighted by Gasteiger charge is 2.31. The van der Waals surface area contributed by atoms with Crippen molar-refractivity contribution < 1.29 is 14.3 Å². The Balaban J connectivity index is 1.43. The molecule has 1 aromatic carbocycles. The molecular formula is C20H25N3O3. The summed E-state index contributed by atoms with van der Waals surface area (Å²) in [7, 11) is 0. The summed E-state index contributed by atoms with van der Waals surface area (Å²) in [5, 5.41) is 1.10. The maximum Gasteiger partial charge on any atom is 0.253 e. The number of hydrogen-bond donors (Lipinski definition) is 1. The van der Waals surface area contributed by atoms with E-state index >= 15 is 0 Å². The molecule has 2 aliphatic rings. The minimum Gasteiger partial charge on any atom is -0.368 e. The van der Waals surface area contributed by atoms with Gasteiger partial charge in [0.1, 0.15) is 6.10 Å². The molecule has 6 nitrogen and oxygen atoms in total. The highest BCUT2D eigenvalue weighted by Crippen LogP contribution is 2.23. The molecule has 0 bridgehead atoms. The van der Waals surface area contributed by atoms with Gasteiger partial charge in [0.25, 0.3) is 11.8 Å². The molecule has 1 atom stereocenters. The van der Waals surface area contributed by atoms with E-state index in [1.54, 1.807) is 0 Å². The van der Waals surface area contributed by atoms with Gasteiger partial charge >= 0.3 is 0 Å². The van der Waals surface area contributed by atoms with Crippen molar-refractivity contribution in [1.29, 1.82) is 0 Å². The lowest BCUT2D eigenvalue weighted by molar-refractivity contribution is -0.142. The smallest absolute Gasteiger partial charge is 0.253 e. The van der Waals surface area contributed by atoms with E-state index in [1.807, 2.05) is 34.9 Å². The number of H-pyrrole nitrogens is 1. The van der Waals surface area contributed by atoms with Gasteiger partial charge in [-0.15, -0.1) is 0 Å². The first-order valence-corrected chi connectivity index (χ1v) is 9.33. The maximum atomic E-state index is 12.9. The number of rotatable bonds is 2. The second-order valence-electron chi connectivity index (χ2n) is 7.25. The van der Waals surface area contributed by atoms with Crippen LogP contribution in [0.3, 0.4) is 0 Å². The van der Waals surface area contributed by atoms with Gasteiger partial charge in [0.2, 0.25) is 0 Å². The Morgan fingerprint density at radius 2 is 1.85 bits per heavy atom. The van der Waals surface area contributed by atoms with Crippen LogP contribution in [0.1, 0.15) is 34.5 Å². The molecule has 1 unspecified atom stereocenters. The van der Waals surface area contributed by atoms with Gasteiger partial charge in [-0.25, -0.2) is 0 Å². The SMILES string of the molecule is Cc1[nH]c2ccc(C(=O)N3CCN(C(=O)C4CCCO4)CC3)cc2c1C. The topological polar surface area (TPSA) is 65.6 Å². The van der Waals surface area contributed by atoms with E-state index in [0.29, 0.717) is 38.3 Å². The zero-order valence-corrected chi connectivity index (χ0v) is 15.4. The Bertz CT molecular complexity index is 843. The van der Waals surface area contributed by atoms with Crippen molar-refractivity contribution in [1.82, 2.24) is 14.8 Å². The quantitative estimate of drug-likeness (QED) is 0.899. The zero-order chi connectivity index (χ0) is 18.3. The zero-order valence-electron chi connectivity index (χ0n) is 15.4. The highest BCUT2D eigenvalue weighted by molar-refractivity contribution is 5.99. The van der Waals surface area contributed by atoms with Gasteiger partial charge < -0.3 is 19.5 Å². The Morgan fingerprint density at radius 1 is 1.12 bits per heavy atom. The van der Waals surface area contributed by atoms with E-state index in [2.05, 4.69) is 11.9 Å². The number of carbonyl (C=O) groups is 2. The summed E-state index contributed by atoms with van der Waals surface area (Å²) in [6.45, 7) is 7.08. The normalized spacial score (nSPS) is 20.8. The van der Waals surface area contributed by atoms with Crippen LogP contribution >= 0.6 is 0 Å². The molecule has 3 heterocycles. The number of ether oxygens (including phenoxy) is 1. The molecule has 2 saturated heterocycles. The summed E-state index contributed by atoms with van der Waals surface area (Å²) in [6.07, 6.45) is 1.49. The molecule has 0 aliphatic carbocycles. The molecule has 0 radical (unpaired) electrons. The van der Waals surface area contributed by atoms with Crippen molar-refractivity contribution in [3.63, 3.8) is 0 Å². The number of amides is 2. The lowest BCUT2D eigenvalue weighted by atomic mass is 10.1. The van der Waals surface area contributed by atoms with Crippen molar-refractivity contribution in [2.45, 2.75) is 32.8 Å². The van der Waals surface area contributed by atoms with Crippen LogP contribution in [0, 0.1) is 13.8 Å². The fourth-order valence-corrected chi connectivity index (χ4v) is 3.88. The Labute approximate surface area is 153 Å². The minimum atomic E-state index is -0.278. The van der Waals surface area contributed by atoms with Crippen molar-refractivity contribution in [3.05, 3.63) is 35.0 Å². The van der Waals surface area contributed by atoms with Crippen molar-refractivity contribution in [2.24, 2.45) is 0 Å². The Morgan fingerprint density at radius 3 is 2.54 bits per heavy atom. The largest absolute Gasteiger partial charge is 0.368 e. The second kappa shape index (κ2) is 6.76. The Kier molecular flexibility index (Phi) is 4.44. The number of aryl methyl sites for hydroxylation is 2. The lowest BCUT2D eigenvalue weighted by Crippen LogP contribution is -2.52. The standard InChI is InChI=1S/C20H25N3O3/c1-13-14(2)21-17-6-5-15(12-16(13)17)19(24)22-7-9-23(10-8-22)20(25)18-4-3-11-26-18/h5-6,12,18,21H,3-4,7-11H2,1-2H3. The van der Waals surface area contributed by atoms with Crippen LogP contribution in [-0.4, -0.2) is 65.5 Å². The summed E-state index contributed by atoms with van der Waals surface area (Å²) in [6, 6.07) is 5.82. The average Bonchev–Trinajstić information content (AvgIpc) is 3.30. The maximum absolute atomic E-state index is 12.9. The molecule has 6 heteroatoms. The first kappa shape index (κ1) is 17.1. The van der Waals surface area contributed by atoms with Crippen LogP contribution in [0.25, 0.3) is 10.9 Å². The summed E-state index contributed by atoms with van der Waals surface area (Å²) in [5.74, 6) is 0.115. The Hall–Kier alpha value is -2.34. The van der Waals surface area contributed by atoms with Gasteiger partial charge in [0, 0.05) is 54.9 Å². The number of piperazine rings is 1. The van der Waals surface area contributed by atoms with Crippen LogP contribution in [0.5, 0.6) is 0 Å². The number of carbonyl (C=O) groups excluding carboxylic acids is 2. The van der Waals surface area contributed by atoms with E-state index < -0.39 is 0 Å². The van der Waals surface area contributed by atoms with Crippen LogP contribution in [-0.2, 0) is 9.53 Å².